The molecule has 132 valence electrons. The van der Waals surface area contributed by atoms with Crippen LogP contribution in [-0.4, -0.2) is 34.4 Å². The highest BCUT2D eigenvalue weighted by molar-refractivity contribution is 8.45. The predicted molar refractivity (Wildman–Crippen MR) is 77.3 cm³/mol. The highest BCUT2D eigenvalue weighted by atomic mass is 32.5. The van der Waals surface area contributed by atoms with Crippen molar-refractivity contribution in [2.75, 3.05) is 25.6 Å². The zero-order chi connectivity index (χ0) is 16.7. The van der Waals surface area contributed by atoms with E-state index >= 15 is 0 Å². The van der Waals surface area contributed by atoms with Crippen LogP contribution in [0.2, 0.25) is 6.04 Å². The van der Waals surface area contributed by atoms with Crippen LogP contribution in [0.1, 0.15) is 40.0 Å². The molecule has 10 heteroatoms. The summed E-state index contributed by atoms with van der Waals surface area (Å²) in [4.78, 5) is 0. The van der Waals surface area contributed by atoms with E-state index < -0.39 is 31.2 Å². The lowest BCUT2D eigenvalue weighted by Gasteiger charge is -2.40. The highest BCUT2D eigenvalue weighted by Crippen LogP contribution is 2.97. The molecule has 0 aromatic carbocycles. The Labute approximate surface area is 124 Å². The Morgan fingerprint density at radius 3 is 1.48 bits per heavy atom. The van der Waals surface area contributed by atoms with Crippen molar-refractivity contribution >= 4 is 19.0 Å². The van der Waals surface area contributed by atoms with Crippen molar-refractivity contribution in [1.82, 2.24) is 0 Å². The molecule has 0 aliphatic heterocycles. The fourth-order valence-corrected chi connectivity index (χ4v) is 5.33. The standard InChI is InChI=1S/C11H25F5O3SSi/c1-4-17-21(18-5-2,19-6-3)11-9-7-8-10-20(12,13,14,15)16/h4-11H2,1-3H3. The minimum atomic E-state index is -9.27. The van der Waals surface area contributed by atoms with Gasteiger partial charge in [0.15, 0.2) is 0 Å². The van der Waals surface area contributed by atoms with Gasteiger partial charge in [-0.1, -0.05) is 25.8 Å². The molecule has 0 N–H and O–H groups in total. The summed E-state index contributed by atoms with van der Waals surface area (Å²) in [5, 5.41) is 0. The molecule has 0 spiro atoms. The molecule has 0 radical (unpaired) electrons. The van der Waals surface area contributed by atoms with Gasteiger partial charge in [-0.25, -0.2) is 0 Å². The molecular weight excluding hydrogens is 335 g/mol. The number of hydrogen-bond acceptors (Lipinski definition) is 3. The van der Waals surface area contributed by atoms with Gasteiger partial charge in [0.05, 0.1) is 5.75 Å². The third-order valence-corrected chi connectivity index (χ3v) is 6.82. The molecule has 0 aliphatic rings. The average Bonchev–Trinajstić information content (AvgIpc) is 2.26. The van der Waals surface area contributed by atoms with Gasteiger partial charge >= 0.3 is 8.80 Å². The zero-order valence-electron chi connectivity index (χ0n) is 12.7. The van der Waals surface area contributed by atoms with Crippen molar-refractivity contribution in [1.29, 1.82) is 0 Å². The largest absolute Gasteiger partial charge is 0.500 e. The minimum absolute atomic E-state index is 0.0353. The van der Waals surface area contributed by atoms with Crippen LogP contribution in [0, 0.1) is 0 Å². The highest BCUT2D eigenvalue weighted by Gasteiger charge is 2.62. The summed E-state index contributed by atoms with van der Waals surface area (Å²) in [5.74, 6) is -2.01. The van der Waals surface area contributed by atoms with Gasteiger partial charge in [-0.2, -0.15) is 0 Å². The predicted octanol–water partition coefficient (Wildman–Crippen LogP) is 5.50. The third-order valence-electron chi connectivity index (χ3n) is 2.61. The Kier molecular flexibility index (Phi) is 7.15. The fourth-order valence-electron chi connectivity index (χ4n) is 1.89. The second-order valence-electron chi connectivity index (χ2n) is 4.63. The van der Waals surface area contributed by atoms with Crippen LogP contribution >= 0.6 is 10.2 Å². The van der Waals surface area contributed by atoms with Crippen LogP contribution in [0.15, 0.2) is 0 Å². The van der Waals surface area contributed by atoms with E-state index in [1.165, 1.54) is 0 Å². The molecule has 0 fully saturated rings. The van der Waals surface area contributed by atoms with Gasteiger partial charge in [0.2, 0.25) is 0 Å². The van der Waals surface area contributed by atoms with E-state index in [1.54, 1.807) is 20.8 Å². The van der Waals surface area contributed by atoms with Crippen molar-refractivity contribution in [3.8, 4) is 0 Å². The summed E-state index contributed by atoms with van der Waals surface area (Å²) in [5.41, 5.74) is 0. The summed E-state index contributed by atoms with van der Waals surface area (Å²) >= 11 is 0. The Hall–Kier alpha value is 0.0969. The molecule has 0 saturated heterocycles. The van der Waals surface area contributed by atoms with Crippen molar-refractivity contribution in [2.24, 2.45) is 0 Å². The molecule has 0 rings (SSSR count). The van der Waals surface area contributed by atoms with Gasteiger partial charge < -0.3 is 13.3 Å². The van der Waals surface area contributed by atoms with Crippen molar-refractivity contribution in [2.45, 2.75) is 46.1 Å². The second kappa shape index (κ2) is 7.11. The van der Waals surface area contributed by atoms with Crippen LogP contribution in [0.5, 0.6) is 0 Å². The molecule has 0 bridgehead atoms. The molecule has 0 aliphatic carbocycles. The van der Waals surface area contributed by atoms with Crippen LogP contribution < -0.4 is 0 Å². The monoisotopic (exact) mass is 360 g/mol. The Morgan fingerprint density at radius 2 is 1.14 bits per heavy atom. The normalized spacial score (nSPS) is 16.6. The van der Waals surface area contributed by atoms with Gasteiger partial charge in [-0.3, -0.25) is 0 Å². The van der Waals surface area contributed by atoms with Crippen molar-refractivity contribution in [3.63, 3.8) is 0 Å². The molecular formula is C11H25F5O3SSi. The molecule has 0 amide bonds. The summed E-state index contributed by atoms with van der Waals surface area (Å²) in [6.07, 6.45) is -0.249. The summed E-state index contributed by atoms with van der Waals surface area (Å²) < 4.78 is 77.5. The molecule has 0 aromatic heterocycles. The molecule has 0 heterocycles. The number of rotatable bonds is 12. The maximum Gasteiger partial charge on any atom is 0.500 e. The summed E-state index contributed by atoms with van der Waals surface area (Å²) in [6, 6.07) is 0.336. The maximum atomic E-state index is 12.2. The lowest BCUT2D eigenvalue weighted by atomic mass is 10.3. The van der Waals surface area contributed by atoms with Crippen LogP contribution in [0.4, 0.5) is 19.4 Å². The second-order valence-corrected chi connectivity index (χ2v) is 10.0. The fraction of sp³-hybridized carbons (Fsp3) is 1.00. The SMILES string of the molecule is CCO[Si](CCCCCS(F)(F)(F)(F)F)(OCC)OCC. The Balaban J connectivity index is 4.32. The third kappa shape index (κ3) is 11.3. The van der Waals surface area contributed by atoms with Gasteiger partial charge in [-0.15, -0.1) is 0 Å². The van der Waals surface area contributed by atoms with E-state index in [-0.39, 0.29) is 6.42 Å². The molecule has 0 aromatic rings. The zero-order valence-corrected chi connectivity index (χ0v) is 14.5. The van der Waals surface area contributed by atoms with Crippen LogP contribution in [0.3, 0.4) is 0 Å². The number of unbranched alkanes of at least 4 members (excludes halogenated alkanes) is 2. The van der Waals surface area contributed by atoms with Gasteiger partial charge in [0, 0.05) is 25.9 Å². The smallest absolute Gasteiger partial charge is 0.374 e. The Bertz CT molecular complexity index is 294. The van der Waals surface area contributed by atoms with E-state index in [0.29, 0.717) is 32.3 Å². The topological polar surface area (TPSA) is 27.7 Å². The Morgan fingerprint density at radius 1 is 0.714 bits per heavy atom. The average molecular weight is 360 g/mol. The molecule has 0 unspecified atom stereocenters. The quantitative estimate of drug-likeness (QED) is 0.261. The first-order valence-corrected chi connectivity index (χ1v) is 11.1. The van der Waals surface area contributed by atoms with E-state index in [2.05, 4.69) is 0 Å². The molecule has 0 saturated carbocycles. The maximum absolute atomic E-state index is 12.2. The van der Waals surface area contributed by atoms with E-state index in [4.69, 9.17) is 13.3 Å². The molecule has 3 nitrogen and oxygen atoms in total. The molecule has 0 atom stereocenters. The van der Waals surface area contributed by atoms with Crippen molar-refractivity contribution < 1.29 is 32.7 Å². The van der Waals surface area contributed by atoms with Gasteiger partial charge in [0.1, 0.15) is 0 Å². The number of halogens is 5. The summed E-state index contributed by atoms with van der Waals surface area (Å²) in [7, 11) is -12.2. The number of hydrogen-bond donors (Lipinski definition) is 0. The first-order chi connectivity index (χ1) is 9.37. The van der Waals surface area contributed by atoms with Gasteiger partial charge in [-0.05, 0) is 33.6 Å². The van der Waals surface area contributed by atoms with E-state index in [9.17, 15) is 19.4 Å². The van der Waals surface area contributed by atoms with Crippen LogP contribution in [0.25, 0.3) is 0 Å². The first kappa shape index (κ1) is 21.1. The lowest BCUT2D eigenvalue weighted by molar-refractivity contribution is 0.0707. The minimum Gasteiger partial charge on any atom is -0.374 e. The van der Waals surface area contributed by atoms with E-state index in [0.717, 1.165) is 0 Å². The summed E-state index contributed by atoms with van der Waals surface area (Å²) in [6.45, 7) is 6.43. The van der Waals surface area contributed by atoms with Gasteiger partial charge in [0.25, 0.3) is 10.2 Å². The molecule has 21 heavy (non-hydrogen) atoms. The van der Waals surface area contributed by atoms with Crippen molar-refractivity contribution in [3.05, 3.63) is 0 Å². The van der Waals surface area contributed by atoms with E-state index in [1.807, 2.05) is 0 Å². The van der Waals surface area contributed by atoms with Crippen LogP contribution in [-0.2, 0) is 13.3 Å². The first-order valence-electron chi connectivity index (χ1n) is 7.01. The lowest BCUT2D eigenvalue weighted by Crippen LogP contribution is -2.45.